The molecule has 0 heterocycles. The zero-order valence-corrected chi connectivity index (χ0v) is 22.3. The minimum atomic E-state index is -8.65. The van der Waals surface area contributed by atoms with Crippen molar-refractivity contribution in [3.8, 4) is 28.0 Å². The molecule has 3 aromatic rings. The van der Waals surface area contributed by atoms with Crippen LogP contribution in [0.2, 0.25) is 0 Å². The van der Waals surface area contributed by atoms with Gasteiger partial charge in [0.05, 0.1) is 13.0 Å². The van der Waals surface area contributed by atoms with Crippen molar-refractivity contribution in [2.75, 3.05) is 6.61 Å². The summed E-state index contributed by atoms with van der Waals surface area (Å²) in [6, 6.07) is 20.8. The van der Waals surface area contributed by atoms with Crippen molar-refractivity contribution in [2.45, 2.75) is 54.1 Å². The maximum Gasteiger partial charge on any atom is 0.460 e. The summed E-state index contributed by atoms with van der Waals surface area (Å²) >= 11 is 0. The Bertz CT molecular complexity index is 1460. The van der Waals surface area contributed by atoms with Crippen LogP contribution in [0.4, 0.5) is 74.6 Å². The number of benzene rings is 3. The van der Waals surface area contributed by atoms with E-state index in [4.69, 9.17) is 0 Å². The third-order valence-electron chi connectivity index (χ3n) is 6.65. The van der Waals surface area contributed by atoms with Crippen LogP contribution in [-0.2, 0) is 0 Å². The van der Waals surface area contributed by atoms with Gasteiger partial charge in [-0.25, -0.2) is 0 Å². The number of alkyl halides is 17. The highest BCUT2D eigenvalue weighted by Gasteiger charge is 2.95. The van der Waals surface area contributed by atoms with E-state index in [1.165, 1.54) is 12.1 Å². The van der Waals surface area contributed by atoms with Gasteiger partial charge in [0.25, 0.3) is 0 Å². The highest BCUT2D eigenvalue weighted by atomic mass is 19.4. The van der Waals surface area contributed by atoms with Crippen molar-refractivity contribution in [1.29, 1.82) is 0 Å². The zero-order valence-electron chi connectivity index (χ0n) is 22.3. The molecule has 0 aliphatic heterocycles. The van der Waals surface area contributed by atoms with Crippen molar-refractivity contribution >= 4 is 0 Å². The Kier molecular flexibility index (Phi) is 9.43. The fourth-order valence-electron chi connectivity index (χ4n) is 3.88. The largest absolute Gasteiger partial charge is 0.493 e. The Morgan fingerprint density at radius 2 is 0.696 bits per heavy atom. The van der Waals surface area contributed by atoms with Gasteiger partial charge in [0.1, 0.15) is 5.75 Å². The lowest BCUT2D eigenvalue weighted by atomic mass is 9.88. The summed E-state index contributed by atoms with van der Waals surface area (Å²) < 4.78 is 232. The van der Waals surface area contributed by atoms with E-state index in [1.54, 1.807) is 24.3 Å². The first-order valence-electron chi connectivity index (χ1n) is 12.4. The van der Waals surface area contributed by atoms with Gasteiger partial charge in [0.15, 0.2) is 0 Å². The fraction of sp³-hybridized carbons (Fsp3) is 0.357. The first-order chi connectivity index (χ1) is 20.8. The standard InChI is InChI=1S/C28H17F17O/c29-21(30,22(31,32)23(33,34)24(35,36)25(37,38)26(39,40)27(41,42)28(43,44)45)14-15-46-20-12-10-19(11-13-20)18-8-6-17(7-9-18)16-4-2-1-3-5-16/h1-13H,14-15H2. The van der Waals surface area contributed by atoms with Gasteiger partial charge in [-0.2, -0.15) is 74.6 Å². The second kappa shape index (κ2) is 11.8. The lowest BCUT2D eigenvalue weighted by Gasteiger charge is -2.42. The molecular formula is C28H17F17O. The number of ether oxygens (including phenoxy) is 1. The summed E-state index contributed by atoms with van der Waals surface area (Å²) in [4.78, 5) is 0. The lowest BCUT2D eigenvalue weighted by Crippen LogP contribution is -2.74. The molecule has 0 spiro atoms. The van der Waals surface area contributed by atoms with E-state index in [-0.39, 0.29) is 5.75 Å². The van der Waals surface area contributed by atoms with E-state index in [0.29, 0.717) is 11.1 Å². The minimum absolute atomic E-state index is 0.388. The summed E-state index contributed by atoms with van der Waals surface area (Å²) in [5.74, 6) is -56.9. The van der Waals surface area contributed by atoms with E-state index >= 15 is 0 Å². The van der Waals surface area contributed by atoms with Crippen LogP contribution in [0, 0.1) is 0 Å². The molecule has 0 unspecified atom stereocenters. The molecule has 3 aromatic carbocycles. The molecular weight excluding hydrogens is 675 g/mol. The molecule has 0 saturated carbocycles. The van der Waals surface area contributed by atoms with E-state index < -0.39 is 60.7 Å². The fourth-order valence-corrected chi connectivity index (χ4v) is 3.88. The third kappa shape index (κ3) is 5.94. The smallest absolute Gasteiger partial charge is 0.460 e. The van der Waals surface area contributed by atoms with E-state index in [0.717, 1.165) is 23.3 Å². The Labute approximate surface area is 247 Å². The first kappa shape index (κ1) is 36.7. The zero-order chi connectivity index (χ0) is 35.2. The average Bonchev–Trinajstić information content (AvgIpc) is 2.97. The summed E-state index contributed by atoms with van der Waals surface area (Å²) in [5, 5.41) is 0. The van der Waals surface area contributed by atoms with Gasteiger partial charge < -0.3 is 4.74 Å². The van der Waals surface area contributed by atoms with Crippen molar-refractivity contribution in [3.63, 3.8) is 0 Å². The monoisotopic (exact) mass is 692 g/mol. The maximum atomic E-state index is 14.1. The van der Waals surface area contributed by atoms with E-state index in [1.807, 2.05) is 30.3 Å². The SMILES string of the molecule is FC(F)(F)C(F)(F)C(F)(F)C(F)(F)C(F)(F)C(F)(F)C(F)(F)C(F)(F)CCOc1ccc(-c2ccc(-c3ccccc3)cc2)cc1. The van der Waals surface area contributed by atoms with Crippen molar-refractivity contribution in [3.05, 3.63) is 78.9 Å². The minimum Gasteiger partial charge on any atom is -0.493 e. The number of hydrogen-bond donors (Lipinski definition) is 0. The quantitative estimate of drug-likeness (QED) is 0.172. The Morgan fingerprint density at radius 3 is 1.09 bits per heavy atom. The Balaban J connectivity index is 1.74. The predicted molar refractivity (Wildman–Crippen MR) is 128 cm³/mol. The van der Waals surface area contributed by atoms with E-state index in [9.17, 15) is 74.6 Å². The van der Waals surface area contributed by atoms with Gasteiger partial charge in [0, 0.05) is 0 Å². The molecule has 0 aromatic heterocycles. The second-order valence-electron chi connectivity index (χ2n) is 9.71. The van der Waals surface area contributed by atoms with Crippen LogP contribution < -0.4 is 4.74 Å². The lowest BCUT2D eigenvalue weighted by molar-refractivity contribution is -0.461. The predicted octanol–water partition coefficient (Wildman–Crippen LogP) is 10.8. The van der Waals surface area contributed by atoms with Crippen LogP contribution >= 0.6 is 0 Å². The van der Waals surface area contributed by atoms with E-state index in [2.05, 4.69) is 4.74 Å². The van der Waals surface area contributed by atoms with Gasteiger partial charge in [-0.05, 0) is 34.4 Å². The molecule has 18 heteroatoms. The van der Waals surface area contributed by atoms with Gasteiger partial charge in [-0.15, -0.1) is 0 Å². The van der Waals surface area contributed by atoms with Crippen LogP contribution in [0.1, 0.15) is 6.42 Å². The molecule has 3 rings (SSSR count). The molecule has 1 nitrogen and oxygen atoms in total. The second-order valence-corrected chi connectivity index (χ2v) is 9.71. The summed E-state index contributed by atoms with van der Waals surface area (Å²) in [5.41, 5.74) is 2.87. The van der Waals surface area contributed by atoms with Crippen LogP contribution in [0.25, 0.3) is 22.3 Å². The summed E-state index contributed by atoms with van der Waals surface area (Å²) in [6.45, 7) is -1.71. The van der Waals surface area contributed by atoms with Crippen LogP contribution in [0.3, 0.4) is 0 Å². The Morgan fingerprint density at radius 1 is 0.370 bits per heavy atom. The molecule has 0 amide bonds. The molecule has 0 saturated heterocycles. The Hall–Kier alpha value is -3.73. The summed E-state index contributed by atoms with van der Waals surface area (Å²) in [7, 11) is 0. The van der Waals surface area contributed by atoms with Crippen molar-refractivity contribution in [1.82, 2.24) is 0 Å². The normalized spacial score (nSPS) is 14.4. The molecule has 254 valence electrons. The van der Waals surface area contributed by atoms with Crippen molar-refractivity contribution < 1.29 is 79.4 Å². The maximum absolute atomic E-state index is 14.1. The third-order valence-corrected chi connectivity index (χ3v) is 6.65. The van der Waals surface area contributed by atoms with Gasteiger partial charge in [0.2, 0.25) is 0 Å². The number of halogens is 17. The molecule has 0 N–H and O–H groups in total. The van der Waals surface area contributed by atoms with Gasteiger partial charge >= 0.3 is 47.6 Å². The molecule has 0 aliphatic rings. The number of hydrogen-bond acceptors (Lipinski definition) is 1. The highest BCUT2D eigenvalue weighted by Crippen LogP contribution is 2.64. The molecule has 0 fully saturated rings. The molecule has 0 radical (unpaired) electrons. The van der Waals surface area contributed by atoms with Crippen LogP contribution in [0.5, 0.6) is 5.75 Å². The topological polar surface area (TPSA) is 9.23 Å². The molecule has 0 bridgehead atoms. The van der Waals surface area contributed by atoms with Crippen LogP contribution in [0.15, 0.2) is 78.9 Å². The van der Waals surface area contributed by atoms with Gasteiger partial charge in [-0.3, -0.25) is 0 Å². The molecule has 0 aliphatic carbocycles. The number of rotatable bonds is 12. The average molecular weight is 692 g/mol. The van der Waals surface area contributed by atoms with Crippen molar-refractivity contribution in [2.24, 2.45) is 0 Å². The first-order valence-corrected chi connectivity index (χ1v) is 12.4. The summed E-state index contributed by atoms with van der Waals surface area (Å²) in [6.07, 6.45) is -10.5. The highest BCUT2D eigenvalue weighted by molar-refractivity contribution is 5.70. The molecule has 46 heavy (non-hydrogen) atoms. The van der Waals surface area contributed by atoms with Crippen LogP contribution in [-0.4, -0.2) is 54.2 Å². The van der Waals surface area contributed by atoms with Gasteiger partial charge in [-0.1, -0.05) is 66.7 Å². The molecule has 0 atom stereocenters.